The number of nitrogens with one attached hydrogen (secondary N) is 3. The van der Waals surface area contributed by atoms with E-state index in [0.717, 1.165) is 79.8 Å². The molecule has 4 aliphatic rings. The maximum Gasteiger partial charge on any atom is 0.351 e. The fraction of sp³-hybridized carbons (Fsp3) is 0.550. The molecule has 10 atom stereocenters. The lowest BCUT2D eigenvalue weighted by Gasteiger charge is -2.39. The van der Waals surface area contributed by atoms with Crippen LogP contribution in [-0.2, 0) is 96.2 Å². The van der Waals surface area contributed by atoms with Crippen LogP contribution in [0.4, 0.5) is 16.0 Å². The number of carbonyl (C=O) groups is 4. The minimum atomic E-state index is -1.86. The second-order valence-electron chi connectivity index (χ2n) is 38.7. The van der Waals surface area contributed by atoms with Crippen LogP contribution in [0.2, 0.25) is 0 Å². The molecule has 4 saturated heterocycles. The number of aliphatic hydroxyl groups excluding tert-OH is 2. The highest BCUT2D eigenvalue weighted by Gasteiger charge is 2.51. The Balaban J connectivity index is 0.000000293. The van der Waals surface area contributed by atoms with Gasteiger partial charge in [-0.05, 0) is 219 Å². The Morgan fingerprint density at radius 1 is 0.565 bits per heavy atom. The molecule has 0 saturated carbocycles. The predicted octanol–water partition coefficient (Wildman–Crippen LogP) is 22.3. The molecular formula is C109H154FN11O20P2S4. The first-order valence-corrected chi connectivity index (χ1v) is 56.9. The lowest BCUT2D eigenvalue weighted by Crippen LogP contribution is -2.39. The molecule has 4 aliphatic heterocycles. The summed E-state index contributed by atoms with van der Waals surface area (Å²) in [5.41, 5.74) is 6.49. The highest BCUT2D eigenvalue weighted by atomic mass is 33.1. The van der Waals surface area contributed by atoms with E-state index in [9.17, 15) is 24.0 Å². The number of aromatic nitrogens is 6. The lowest BCUT2D eigenvalue weighted by atomic mass is 9.83. The number of hydrogen-bond donors (Lipinski definition) is 5. The summed E-state index contributed by atoms with van der Waals surface area (Å²) >= 11 is 0. The summed E-state index contributed by atoms with van der Waals surface area (Å²) in [6.07, 6.45) is 4.10. The van der Waals surface area contributed by atoms with Gasteiger partial charge in [-0.15, -0.1) is 0 Å². The van der Waals surface area contributed by atoms with Crippen LogP contribution in [0.3, 0.4) is 0 Å². The van der Waals surface area contributed by atoms with Crippen LogP contribution in [0, 0.1) is 10.8 Å². The van der Waals surface area contributed by atoms with Crippen LogP contribution in [0.5, 0.6) is 11.5 Å². The maximum absolute atomic E-state index is 16.6. The van der Waals surface area contributed by atoms with Gasteiger partial charge in [-0.2, -0.15) is 4.98 Å². The quantitative estimate of drug-likeness (QED) is 0.0175. The Hall–Kier alpha value is -7.98. The van der Waals surface area contributed by atoms with Crippen molar-refractivity contribution >= 4 is 107 Å². The highest BCUT2D eigenvalue weighted by Crippen LogP contribution is 2.54. The molecule has 0 radical (unpaired) electrons. The second-order valence-corrected chi connectivity index (χ2v) is 47.3. The molecular weight excluding hydrogens is 1990 g/mol. The first kappa shape index (κ1) is 115. The number of Topliss-reactive ketones (excluding diaryl/α,β-unsaturated/α-hetero) is 1. The average molecular weight is 2150 g/mol. The van der Waals surface area contributed by atoms with E-state index in [0.29, 0.717) is 107 Å². The topological polar surface area (TPSA) is 350 Å². The Bertz CT molecular complexity index is 5620. The molecule has 0 aliphatic carbocycles. The minimum Gasteiger partial charge on any atom is -0.484 e. The maximum atomic E-state index is 16.6. The zero-order chi connectivity index (χ0) is 109. The van der Waals surface area contributed by atoms with Crippen LogP contribution < -0.4 is 31.1 Å². The van der Waals surface area contributed by atoms with Gasteiger partial charge < -0.3 is 86.9 Å². The fourth-order valence-corrected chi connectivity index (χ4v) is 25.5. The normalized spacial score (nSPS) is 19.8. The minimum absolute atomic E-state index is 0.0213. The van der Waals surface area contributed by atoms with Crippen molar-refractivity contribution in [3.63, 3.8) is 0 Å². The molecule has 13 rings (SSSR count). The molecule has 3 aromatic heterocycles. The van der Waals surface area contributed by atoms with Gasteiger partial charge in [0.25, 0.3) is 28.9 Å². The van der Waals surface area contributed by atoms with Gasteiger partial charge in [-0.1, -0.05) is 192 Å². The predicted molar refractivity (Wildman–Crippen MR) is 583 cm³/mol. The fourth-order valence-electron chi connectivity index (χ4n) is 16.8. The number of aryl methyl sites for hydroxylation is 1. The molecule has 10 unspecified atom stereocenters. The number of carbonyl (C=O) groups excluding carboxylic acids is 4. The van der Waals surface area contributed by atoms with E-state index >= 15 is 4.39 Å². The number of anilines is 2. The number of para-hydroxylation sites is 2. The van der Waals surface area contributed by atoms with E-state index < -0.39 is 83.7 Å². The Labute approximate surface area is 891 Å². The van der Waals surface area contributed by atoms with Crippen LogP contribution in [0.1, 0.15) is 244 Å². The summed E-state index contributed by atoms with van der Waals surface area (Å²) < 4.78 is 133. The summed E-state index contributed by atoms with van der Waals surface area (Å²) in [5.74, 6) is 0.616. The summed E-state index contributed by atoms with van der Waals surface area (Å²) in [5, 5.41) is 15.4. The van der Waals surface area contributed by atoms with Crippen LogP contribution in [0.15, 0.2) is 197 Å². The molecule has 9 aromatic rings. The Morgan fingerprint density at radius 2 is 1.02 bits per heavy atom. The van der Waals surface area contributed by atoms with Crippen molar-refractivity contribution in [3.8, 4) is 11.5 Å². The molecule has 3 amide bonds. The summed E-state index contributed by atoms with van der Waals surface area (Å²) in [4.78, 5) is 84.4. The number of ketones is 1. The Kier molecular flexibility index (Phi) is 46.7. The molecule has 147 heavy (non-hydrogen) atoms. The molecule has 5 N–H and O–H groups in total. The van der Waals surface area contributed by atoms with Crippen molar-refractivity contribution in [2.24, 2.45) is 10.8 Å². The smallest absolute Gasteiger partial charge is 0.351 e. The second kappa shape index (κ2) is 59.9. The van der Waals surface area contributed by atoms with Crippen LogP contribution >= 0.6 is 60.2 Å². The van der Waals surface area contributed by atoms with Gasteiger partial charge in [-0.3, -0.25) is 28.3 Å². The number of fused-ring (bicyclic) bond motifs is 1. The van der Waals surface area contributed by atoms with Crippen molar-refractivity contribution in [1.29, 1.82) is 2.86 Å². The van der Waals surface area contributed by atoms with E-state index in [1.54, 1.807) is 97.6 Å². The third kappa shape index (κ3) is 35.5. The third-order valence-corrected chi connectivity index (χ3v) is 37.0. The van der Waals surface area contributed by atoms with E-state index in [1.807, 2.05) is 100 Å². The molecule has 0 bridgehead atoms. The summed E-state index contributed by atoms with van der Waals surface area (Å²) in [6, 6.07) is 52.2. The first-order chi connectivity index (χ1) is 72.5. The van der Waals surface area contributed by atoms with Gasteiger partial charge in [0.1, 0.15) is 47.7 Å². The van der Waals surface area contributed by atoms with Crippen molar-refractivity contribution in [1.82, 2.24) is 43.7 Å². The zero-order valence-electron chi connectivity index (χ0n) is 92.3. The molecule has 7 heterocycles. The molecule has 4 fully saturated rings. The molecule has 31 nitrogen and oxygen atoms in total. The number of nitrogens with zero attached hydrogens (tertiary/aromatic N) is 8. The monoisotopic (exact) mass is 2150 g/mol. The first-order valence-electron chi connectivity index (χ1n) is 52.6. The number of ether oxygens (including phenoxy) is 9. The van der Waals surface area contributed by atoms with Crippen molar-refractivity contribution in [2.45, 2.75) is 313 Å². The molecule has 6 aromatic carbocycles. The number of hydrogen-bond acceptors (Lipinski definition) is 30. The van der Waals surface area contributed by atoms with Crippen LogP contribution in [0.25, 0.3) is 11.2 Å². The third-order valence-electron chi connectivity index (χ3n) is 25.8. The number of benzene rings is 6. The molecule has 38 heteroatoms. The van der Waals surface area contributed by atoms with Gasteiger partial charge in [-0.25, -0.2) is 33.5 Å². The van der Waals surface area contributed by atoms with Crippen LogP contribution in [-0.4, -0.2) is 220 Å². The van der Waals surface area contributed by atoms with Gasteiger partial charge in [0.05, 0.1) is 58.2 Å². The largest absolute Gasteiger partial charge is 0.484 e. The van der Waals surface area contributed by atoms with Gasteiger partial charge in [0.2, 0.25) is 8.77 Å². The zero-order valence-corrected chi connectivity index (χ0v) is 93.4. The number of halogens is 1. The highest BCUT2D eigenvalue weighted by molar-refractivity contribution is 8.77. The van der Waals surface area contributed by atoms with Gasteiger partial charge in [0, 0.05) is 121 Å². The standard InChI is InChI=1S/C54H74N7O9PS2.C53H72FN4O9PS2.2CH4O/c1-11-54(12-2)32-66-52(67-33-54)41-24-22-39(23-25-41)30-55-44(62)26-28-53(8,9)73-72-43-21-17-16-18-40(43)27-29-68-71(61(36(3)4)37(5)6)70-47-38(7)69-51(48(47)64-10)60-35-58-46-49(56-34-57-50(46)60)59-45(63)31-65-42-19-14-13-15-20-42;1-10-53(11-2)34-63-50(64-35-53)41-24-21-39(22-25-41)23-26-42(59)27-30-52(8,9)70-69-44-20-16-15-17-40(44)29-32-65-68(58(36(3)4)37(5)6)67-48-38(7)66-49(47(48)54)57-31-28-45(56-51(57)61)55-46(60)33-62-43-18-13-12-14-19-43;2*1-2/h13-25,34-38,47-48,51-52H,11-12,26-33H2,1-10H3,(H,55,62)(H,56,57,59,63);12-22,24-25,28,31,36-38,47-50H,10-11,23,26-27,29-30,32-35H2,1-9H3,(H,55,56,60,61);2*2H,1H3/i2*7D;2*2T. The number of methoxy groups -OCH3 is 1. The number of imidazole rings is 1. The van der Waals surface area contributed by atoms with E-state index in [1.165, 1.54) is 32.8 Å². The van der Waals surface area contributed by atoms with Crippen molar-refractivity contribution in [3.05, 3.63) is 227 Å². The number of amides is 3. The van der Waals surface area contributed by atoms with Crippen molar-refractivity contribution < 1.29 is 97.3 Å². The lowest BCUT2D eigenvalue weighted by molar-refractivity contribution is -0.235. The van der Waals surface area contributed by atoms with Gasteiger partial charge >= 0.3 is 5.69 Å². The van der Waals surface area contributed by atoms with E-state index in [-0.39, 0.29) is 114 Å². The van der Waals surface area contributed by atoms with E-state index in [2.05, 4.69) is 187 Å². The number of aliphatic hydroxyl groups is 2. The van der Waals surface area contributed by atoms with Crippen molar-refractivity contribution in [2.75, 3.05) is 84.8 Å². The summed E-state index contributed by atoms with van der Waals surface area (Å²) in [6.45, 7) is 37.0. The average Bonchev–Trinajstić information content (AvgIpc) is 1.61. The van der Waals surface area contributed by atoms with Gasteiger partial charge in [0.15, 0.2) is 61.4 Å². The molecule has 0 spiro atoms. The number of rotatable bonds is 52. The molecule has 806 valence electrons. The summed E-state index contributed by atoms with van der Waals surface area (Å²) in [7, 11) is 7.55. The number of alkyl halides is 1. The Morgan fingerprint density at radius 3 is 1.50 bits per heavy atom. The SMILES string of the molecule is [2H]CC1OC(n2ccc(NC(=O)COc3ccccc3)nc2=O)C(F)C1OP(OCCc1ccccc1SSC(C)(C)CCC(=O)CCc1ccc(C2OCC(CC)(CC)CO2)cc1)N(C(C)C)C(C)C.[2H]CC1OC(n2cnc3c(NC(=O)COc4ccccc4)ncnc32)C(OC)C1OP(OCCc1ccccc1SSC(C)(C)CCC(=O)NCc1ccc(C2OCC(CC)(CC)CO2)cc1)N(C(C)C)C(C)C.[3H]OC.[3H]OC. The van der Waals surface area contributed by atoms with E-state index in [4.69, 9.17) is 66.3 Å².